The van der Waals surface area contributed by atoms with Crippen molar-refractivity contribution in [3.63, 3.8) is 0 Å². The standard InChI is InChI=1S/C57H32N4O2/c1-2-15-35(16-3-1)55-58-56(42-23-12-22-41-40-21-10-11-24-49(40)63-54(41)42)60-57(59-55)44-32-51-45(53-39-20-9-7-14-34(39)26-28-50(53)62-51)31-48(44)61-46-27-25-33-13-6-8-19-38(33)52(46)43-29-36-17-4-5-18-37(36)30-47(43)61/h1-32H. The molecule has 0 saturated carbocycles. The summed E-state index contributed by atoms with van der Waals surface area (Å²) < 4.78 is 15.8. The second kappa shape index (κ2) is 12.9. The van der Waals surface area contributed by atoms with Crippen LogP contribution < -0.4 is 0 Å². The highest BCUT2D eigenvalue weighted by Gasteiger charge is 2.25. The summed E-state index contributed by atoms with van der Waals surface area (Å²) in [5, 5.41) is 13.5. The summed E-state index contributed by atoms with van der Waals surface area (Å²) >= 11 is 0. The van der Waals surface area contributed by atoms with Crippen LogP contribution in [0.2, 0.25) is 0 Å². The molecule has 14 rings (SSSR count). The van der Waals surface area contributed by atoms with E-state index in [2.05, 4.69) is 138 Å². The molecule has 0 aliphatic rings. The van der Waals surface area contributed by atoms with E-state index in [9.17, 15) is 0 Å². The minimum Gasteiger partial charge on any atom is -0.456 e. The molecule has 0 aliphatic carbocycles. The average Bonchev–Trinajstić information content (AvgIpc) is 4.02. The number of hydrogen-bond donors (Lipinski definition) is 0. The fourth-order valence-corrected chi connectivity index (χ4v) is 9.93. The summed E-state index contributed by atoms with van der Waals surface area (Å²) in [4.78, 5) is 16.0. The fraction of sp³-hybridized carbons (Fsp3) is 0. The SMILES string of the molecule is c1ccc(-c2nc(-c3cc4oc5ccc6ccccc6c5c4cc3-n3c4cc5ccccc5cc4c4c5ccccc5ccc43)nc(-c3cccc4c3oc3ccccc34)n2)cc1. The van der Waals surface area contributed by atoms with Gasteiger partial charge in [-0.2, -0.15) is 0 Å². The molecule has 0 unspecified atom stereocenters. The number of fused-ring (bicyclic) bond motifs is 14. The first kappa shape index (κ1) is 34.1. The normalized spacial score (nSPS) is 12.1. The monoisotopic (exact) mass is 804 g/mol. The molecule has 4 heterocycles. The molecule has 14 aromatic rings. The molecule has 63 heavy (non-hydrogen) atoms. The quantitative estimate of drug-likeness (QED) is 0.177. The van der Waals surface area contributed by atoms with Crippen molar-refractivity contribution in [2.75, 3.05) is 0 Å². The summed E-state index contributed by atoms with van der Waals surface area (Å²) in [5.74, 6) is 1.60. The Hall–Kier alpha value is -8.61. The topological polar surface area (TPSA) is 69.9 Å². The molecular formula is C57H32N4O2. The molecule has 0 spiro atoms. The third-order valence-electron chi connectivity index (χ3n) is 12.8. The van der Waals surface area contributed by atoms with E-state index in [1.54, 1.807) is 0 Å². The highest BCUT2D eigenvalue weighted by molar-refractivity contribution is 6.24. The summed E-state index contributed by atoms with van der Waals surface area (Å²) in [5.41, 5.74) is 8.70. The average molecular weight is 805 g/mol. The van der Waals surface area contributed by atoms with Crippen molar-refractivity contribution in [2.24, 2.45) is 0 Å². The van der Waals surface area contributed by atoms with E-state index < -0.39 is 0 Å². The molecule has 0 saturated heterocycles. The summed E-state index contributed by atoms with van der Waals surface area (Å²) in [6.45, 7) is 0. The van der Waals surface area contributed by atoms with Gasteiger partial charge in [0, 0.05) is 43.4 Å². The van der Waals surface area contributed by atoms with Crippen molar-refractivity contribution >= 4 is 98.0 Å². The van der Waals surface area contributed by atoms with Gasteiger partial charge >= 0.3 is 0 Å². The Morgan fingerprint density at radius 3 is 1.78 bits per heavy atom. The number of aromatic nitrogens is 4. The van der Waals surface area contributed by atoms with Crippen molar-refractivity contribution < 1.29 is 8.83 Å². The van der Waals surface area contributed by atoms with E-state index in [-0.39, 0.29) is 0 Å². The highest BCUT2D eigenvalue weighted by atomic mass is 16.3. The van der Waals surface area contributed by atoms with Crippen molar-refractivity contribution in [3.05, 3.63) is 194 Å². The zero-order chi connectivity index (χ0) is 41.2. The lowest BCUT2D eigenvalue weighted by atomic mass is 10.0. The van der Waals surface area contributed by atoms with Crippen LogP contribution in [0.1, 0.15) is 0 Å². The number of hydrogen-bond acceptors (Lipinski definition) is 5. The first-order chi connectivity index (χ1) is 31.2. The maximum Gasteiger partial charge on any atom is 0.167 e. The minimum atomic E-state index is 0.518. The second-order valence-corrected chi connectivity index (χ2v) is 16.3. The molecule has 0 aliphatic heterocycles. The van der Waals surface area contributed by atoms with Crippen LogP contribution in [0.5, 0.6) is 0 Å². The zero-order valence-corrected chi connectivity index (χ0v) is 33.6. The van der Waals surface area contributed by atoms with Gasteiger partial charge in [-0.3, -0.25) is 0 Å². The van der Waals surface area contributed by atoms with Crippen molar-refractivity contribution in [3.8, 4) is 39.9 Å². The number of rotatable bonds is 4. The van der Waals surface area contributed by atoms with E-state index in [4.69, 9.17) is 23.8 Å². The van der Waals surface area contributed by atoms with Crippen LogP contribution in [-0.4, -0.2) is 19.5 Å². The predicted octanol–water partition coefficient (Wildman–Crippen LogP) is 15.2. The Morgan fingerprint density at radius 1 is 0.333 bits per heavy atom. The third-order valence-corrected chi connectivity index (χ3v) is 12.8. The van der Waals surface area contributed by atoms with Crippen LogP contribution in [-0.2, 0) is 0 Å². The van der Waals surface area contributed by atoms with Gasteiger partial charge in [-0.05, 0) is 80.8 Å². The molecule has 0 amide bonds. The van der Waals surface area contributed by atoms with Gasteiger partial charge in [-0.25, -0.2) is 15.0 Å². The summed E-state index contributed by atoms with van der Waals surface area (Å²) in [6.07, 6.45) is 0. The molecule has 0 radical (unpaired) electrons. The Morgan fingerprint density at radius 2 is 0.968 bits per heavy atom. The zero-order valence-electron chi connectivity index (χ0n) is 33.6. The smallest absolute Gasteiger partial charge is 0.167 e. The Balaban J connectivity index is 1.15. The summed E-state index contributed by atoms with van der Waals surface area (Å²) in [6, 6.07) is 68.0. The molecule has 6 heteroatoms. The Labute approximate surface area is 358 Å². The Bertz CT molecular complexity index is 4220. The molecule has 292 valence electrons. The molecule has 0 bridgehead atoms. The maximum absolute atomic E-state index is 6.81. The molecule has 0 atom stereocenters. The third kappa shape index (κ3) is 5.03. The number of para-hydroxylation sites is 2. The summed E-state index contributed by atoms with van der Waals surface area (Å²) in [7, 11) is 0. The van der Waals surface area contributed by atoms with Gasteiger partial charge < -0.3 is 13.4 Å². The van der Waals surface area contributed by atoms with Crippen molar-refractivity contribution in [1.29, 1.82) is 0 Å². The lowest BCUT2D eigenvalue weighted by Crippen LogP contribution is -2.04. The molecule has 0 N–H and O–H groups in total. The largest absolute Gasteiger partial charge is 0.456 e. The molecule has 6 nitrogen and oxygen atoms in total. The molecule has 10 aromatic carbocycles. The van der Waals surface area contributed by atoms with Gasteiger partial charge in [0.1, 0.15) is 22.3 Å². The van der Waals surface area contributed by atoms with Crippen LogP contribution >= 0.6 is 0 Å². The molecule has 0 fully saturated rings. The van der Waals surface area contributed by atoms with Crippen LogP contribution in [0.25, 0.3) is 138 Å². The lowest BCUT2D eigenvalue weighted by Gasteiger charge is -2.15. The van der Waals surface area contributed by atoms with Gasteiger partial charge in [0.05, 0.1) is 22.3 Å². The second-order valence-electron chi connectivity index (χ2n) is 16.3. The first-order valence-corrected chi connectivity index (χ1v) is 21.2. The van der Waals surface area contributed by atoms with E-state index in [1.165, 1.54) is 26.9 Å². The highest BCUT2D eigenvalue weighted by Crippen LogP contribution is 2.45. The number of nitrogens with zero attached hydrogens (tertiary/aromatic N) is 4. The maximum atomic E-state index is 6.81. The van der Waals surface area contributed by atoms with Crippen molar-refractivity contribution in [2.45, 2.75) is 0 Å². The lowest BCUT2D eigenvalue weighted by molar-refractivity contribution is 0.668. The van der Waals surface area contributed by atoms with Gasteiger partial charge in [0.2, 0.25) is 0 Å². The van der Waals surface area contributed by atoms with Crippen LogP contribution in [0.3, 0.4) is 0 Å². The number of furan rings is 2. The predicted molar refractivity (Wildman–Crippen MR) is 258 cm³/mol. The van der Waals surface area contributed by atoms with E-state index in [0.717, 1.165) is 93.4 Å². The van der Waals surface area contributed by atoms with Crippen LogP contribution in [0.15, 0.2) is 203 Å². The molecular weight excluding hydrogens is 773 g/mol. The van der Waals surface area contributed by atoms with Crippen LogP contribution in [0.4, 0.5) is 0 Å². The van der Waals surface area contributed by atoms with E-state index >= 15 is 0 Å². The fourth-order valence-electron chi connectivity index (χ4n) is 9.93. The van der Waals surface area contributed by atoms with E-state index in [0.29, 0.717) is 17.5 Å². The van der Waals surface area contributed by atoms with Gasteiger partial charge in [-0.15, -0.1) is 0 Å². The molecule has 4 aromatic heterocycles. The van der Waals surface area contributed by atoms with Crippen molar-refractivity contribution in [1.82, 2.24) is 19.5 Å². The van der Waals surface area contributed by atoms with Crippen LogP contribution in [0, 0.1) is 0 Å². The van der Waals surface area contributed by atoms with Gasteiger partial charge in [0.15, 0.2) is 17.5 Å². The van der Waals surface area contributed by atoms with Gasteiger partial charge in [0.25, 0.3) is 0 Å². The van der Waals surface area contributed by atoms with E-state index in [1.807, 2.05) is 60.7 Å². The minimum absolute atomic E-state index is 0.518. The Kier molecular flexibility index (Phi) is 7.02. The first-order valence-electron chi connectivity index (χ1n) is 21.2. The number of benzene rings is 10. The van der Waals surface area contributed by atoms with Gasteiger partial charge in [-0.1, -0.05) is 146 Å².